The molecule has 0 fully saturated rings. The molecule has 0 heterocycles. The van der Waals surface area contributed by atoms with Crippen LogP contribution < -0.4 is 16.2 Å². The van der Waals surface area contributed by atoms with Crippen LogP contribution in [0.3, 0.4) is 0 Å². The maximum atomic E-state index is 13.8. The minimum atomic E-state index is -1.77. The number of carboxylic acid groups (broad SMARTS) is 1. The molecule has 0 amide bonds. The van der Waals surface area contributed by atoms with Crippen molar-refractivity contribution >= 4 is 23.5 Å². The monoisotopic (exact) mass is 530 g/mol. The van der Waals surface area contributed by atoms with E-state index in [1.807, 2.05) is 0 Å². The Balaban J connectivity index is 1.62. The third-order valence-corrected chi connectivity index (χ3v) is 6.89. The number of Topliss-reactive ketones (excluding diaryl/α,β-unsaturated/α-hetero) is 2. The van der Waals surface area contributed by atoms with Crippen LogP contribution in [-0.4, -0.2) is 47.9 Å². The molecule has 0 aromatic heterocycles. The molecular formula is C30H30N2O7. The number of benzene rings is 2. The number of ketones is 2. The van der Waals surface area contributed by atoms with Crippen molar-refractivity contribution in [2.45, 2.75) is 37.3 Å². The van der Waals surface area contributed by atoms with Gasteiger partial charge in [0.25, 0.3) is 0 Å². The molecule has 0 spiro atoms. The second kappa shape index (κ2) is 11.6. The smallest absolute Gasteiger partial charge is 0.333 e. The van der Waals surface area contributed by atoms with Crippen LogP contribution in [0.4, 0.5) is 0 Å². The lowest BCUT2D eigenvalue weighted by atomic mass is 9.66. The van der Waals surface area contributed by atoms with Crippen LogP contribution in [0.2, 0.25) is 0 Å². The van der Waals surface area contributed by atoms with Crippen LogP contribution in [0.15, 0.2) is 84.0 Å². The summed E-state index contributed by atoms with van der Waals surface area (Å²) in [6, 6.07) is 11.8. The molecule has 9 heteroatoms. The molecule has 2 atom stereocenters. The number of carboxylic acids is 1. The second-order valence-electron chi connectivity index (χ2n) is 9.37. The van der Waals surface area contributed by atoms with E-state index in [1.165, 1.54) is 12.1 Å². The molecule has 5 N–H and O–H groups in total. The number of esters is 1. The highest BCUT2D eigenvalue weighted by atomic mass is 16.5. The van der Waals surface area contributed by atoms with E-state index in [0.29, 0.717) is 37.4 Å². The standard InChI is InChI=1S/C30H30N2O7/c1-2-23(33)39-16-10-4-3-9-15-38-22-14-8-7-13-21(22)30(32)17-20(29(36)37)26(31)24-25(30)28(35)19-12-6-5-11-18(19)27(24)34/h2,5-8,11-14,17,26H,1,3-4,9-10,15-16,31-32H2,(H,36,37). The number of para-hydroxylation sites is 1. The molecule has 0 saturated heterocycles. The van der Waals surface area contributed by atoms with E-state index < -0.39 is 35.1 Å². The molecule has 2 aliphatic carbocycles. The maximum Gasteiger partial charge on any atom is 0.333 e. The van der Waals surface area contributed by atoms with Gasteiger partial charge in [0.1, 0.15) is 5.75 Å². The van der Waals surface area contributed by atoms with Gasteiger partial charge in [-0.2, -0.15) is 0 Å². The summed E-state index contributed by atoms with van der Waals surface area (Å²) in [4.78, 5) is 50.6. The van der Waals surface area contributed by atoms with Gasteiger partial charge in [-0.1, -0.05) is 49.0 Å². The Bertz CT molecular complexity index is 1410. The van der Waals surface area contributed by atoms with Gasteiger partial charge in [-0.25, -0.2) is 9.59 Å². The van der Waals surface area contributed by atoms with Gasteiger partial charge in [0.15, 0.2) is 11.6 Å². The Kier molecular flexibility index (Phi) is 8.23. The summed E-state index contributed by atoms with van der Waals surface area (Å²) in [5.41, 5.74) is 11.6. The van der Waals surface area contributed by atoms with Crippen molar-refractivity contribution < 1.29 is 33.8 Å². The Morgan fingerprint density at radius 1 is 0.949 bits per heavy atom. The number of carbonyl (C=O) groups is 4. The highest BCUT2D eigenvalue weighted by Crippen LogP contribution is 2.45. The molecule has 0 bridgehead atoms. The van der Waals surface area contributed by atoms with Crippen molar-refractivity contribution in [2.24, 2.45) is 11.5 Å². The number of hydrogen-bond donors (Lipinski definition) is 3. The van der Waals surface area contributed by atoms with Gasteiger partial charge < -0.3 is 26.0 Å². The molecule has 2 aromatic carbocycles. The Labute approximate surface area is 225 Å². The zero-order valence-electron chi connectivity index (χ0n) is 21.4. The molecule has 4 rings (SSSR count). The summed E-state index contributed by atoms with van der Waals surface area (Å²) in [6.45, 7) is 4.00. The minimum Gasteiger partial charge on any atom is -0.493 e. The number of rotatable bonds is 11. The zero-order valence-corrected chi connectivity index (χ0v) is 21.4. The van der Waals surface area contributed by atoms with Crippen molar-refractivity contribution in [3.63, 3.8) is 0 Å². The van der Waals surface area contributed by atoms with Gasteiger partial charge in [-0.15, -0.1) is 0 Å². The first-order valence-corrected chi connectivity index (χ1v) is 12.7. The molecular weight excluding hydrogens is 500 g/mol. The van der Waals surface area contributed by atoms with Gasteiger partial charge >= 0.3 is 11.9 Å². The summed E-state index contributed by atoms with van der Waals surface area (Å²) in [7, 11) is 0. The molecule has 202 valence electrons. The molecule has 0 radical (unpaired) electrons. The Hall–Kier alpha value is -4.34. The summed E-state index contributed by atoms with van der Waals surface area (Å²) in [5.74, 6) is -2.42. The quantitative estimate of drug-likeness (QED) is 0.225. The van der Waals surface area contributed by atoms with Crippen LogP contribution >= 0.6 is 0 Å². The predicted octanol–water partition coefficient (Wildman–Crippen LogP) is 3.24. The molecule has 0 saturated carbocycles. The fourth-order valence-corrected chi connectivity index (χ4v) is 4.98. The van der Waals surface area contributed by atoms with Gasteiger partial charge in [-0.05, 0) is 37.8 Å². The lowest BCUT2D eigenvalue weighted by Crippen LogP contribution is -2.51. The van der Waals surface area contributed by atoms with E-state index in [2.05, 4.69) is 6.58 Å². The molecule has 0 aliphatic heterocycles. The number of aliphatic carboxylic acids is 1. The van der Waals surface area contributed by atoms with Crippen LogP contribution in [0.5, 0.6) is 5.75 Å². The first-order valence-electron chi connectivity index (χ1n) is 12.7. The highest BCUT2D eigenvalue weighted by Gasteiger charge is 2.50. The fourth-order valence-electron chi connectivity index (χ4n) is 4.98. The zero-order chi connectivity index (χ0) is 28.2. The number of unbranched alkanes of at least 4 members (excludes halogenated alkanes) is 3. The summed E-state index contributed by atoms with van der Waals surface area (Å²) < 4.78 is 11.0. The Morgan fingerprint density at radius 3 is 2.23 bits per heavy atom. The molecule has 2 aliphatic rings. The topological polar surface area (TPSA) is 159 Å². The molecule has 9 nitrogen and oxygen atoms in total. The molecule has 2 aromatic rings. The average molecular weight is 531 g/mol. The second-order valence-corrected chi connectivity index (χ2v) is 9.37. The van der Waals surface area contributed by atoms with Crippen molar-refractivity contribution in [2.75, 3.05) is 13.2 Å². The first kappa shape index (κ1) is 27.7. The van der Waals surface area contributed by atoms with Crippen LogP contribution in [0.1, 0.15) is 52.0 Å². The predicted molar refractivity (Wildman–Crippen MR) is 143 cm³/mol. The van der Waals surface area contributed by atoms with Gasteiger partial charge in [0.05, 0.1) is 30.4 Å². The van der Waals surface area contributed by atoms with Crippen LogP contribution in [0.25, 0.3) is 0 Å². The number of nitrogens with two attached hydrogens (primary N) is 2. The largest absolute Gasteiger partial charge is 0.493 e. The van der Waals surface area contributed by atoms with Crippen LogP contribution in [-0.2, 0) is 19.9 Å². The van der Waals surface area contributed by atoms with Gasteiger partial charge in [0.2, 0.25) is 0 Å². The van der Waals surface area contributed by atoms with Crippen molar-refractivity contribution in [1.82, 2.24) is 0 Å². The molecule has 2 unspecified atom stereocenters. The first-order chi connectivity index (χ1) is 18.7. The molecule has 39 heavy (non-hydrogen) atoms. The highest BCUT2D eigenvalue weighted by molar-refractivity contribution is 6.29. The van der Waals surface area contributed by atoms with E-state index in [0.717, 1.165) is 18.9 Å². The normalized spacial score (nSPS) is 20.1. The van der Waals surface area contributed by atoms with E-state index >= 15 is 0 Å². The SMILES string of the molecule is C=CC(=O)OCCCCCCOc1ccccc1C1(N)C=C(C(=O)O)C(N)C2=C1C(=O)c1ccccc1C2=O. The summed E-state index contributed by atoms with van der Waals surface area (Å²) in [6.07, 6.45) is 5.42. The number of fused-ring (bicyclic) bond motifs is 1. The lowest BCUT2D eigenvalue weighted by Gasteiger charge is -2.39. The third kappa shape index (κ3) is 5.32. The van der Waals surface area contributed by atoms with Crippen LogP contribution in [0, 0.1) is 0 Å². The maximum absolute atomic E-state index is 13.8. The van der Waals surface area contributed by atoms with Crippen molar-refractivity contribution in [1.29, 1.82) is 0 Å². The minimum absolute atomic E-state index is 0.0474. The van der Waals surface area contributed by atoms with Crippen molar-refractivity contribution in [3.05, 3.63) is 101 Å². The number of hydrogen-bond acceptors (Lipinski definition) is 8. The van der Waals surface area contributed by atoms with E-state index in [1.54, 1.807) is 42.5 Å². The van der Waals surface area contributed by atoms with E-state index in [9.17, 15) is 24.3 Å². The van der Waals surface area contributed by atoms with Gasteiger partial charge in [-0.3, -0.25) is 9.59 Å². The summed E-state index contributed by atoms with van der Waals surface area (Å²) in [5, 5.41) is 9.91. The van der Waals surface area contributed by atoms with E-state index in [-0.39, 0.29) is 27.8 Å². The number of ether oxygens (including phenoxy) is 2. The van der Waals surface area contributed by atoms with Gasteiger partial charge in [0, 0.05) is 33.9 Å². The van der Waals surface area contributed by atoms with Crippen molar-refractivity contribution in [3.8, 4) is 5.75 Å². The Morgan fingerprint density at radius 2 is 1.56 bits per heavy atom. The average Bonchev–Trinajstić information content (AvgIpc) is 2.94. The number of carbonyl (C=O) groups excluding carboxylic acids is 3. The van der Waals surface area contributed by atoms with E-state index in [4.69, 9.17) is 20.9 Å². The third-order valence-electron chi connectivity index (χ3n) is 6.89. The fraction of sp³-hybridized carbons (Fsp3) is 0.267. The lowest BCUT2D eigenvalue weighted by molar-refractivity contribution is -0.138. The summed E-state index contributed by atoms with van der Waals surface area (Å²) >= 11 is 0.